The summed E-state index contributed by atoms with van der Waals surface area (Å²) in [6.07, 6.45) is 4.03. The number of aromatic nitrogens is 4. The van der Waals surface area contributed by atoms with Crippen LogP contribution in [-0.4, -0.2) is 44.1 Å². The molecule has 0 radical (unpaired) electrons. The number of halogens is 2. The van der Waals surface area contributed by atoms with Crippen molar-refractivity contribution in [3.8, 4) is 11.4 Å². The van der Waals surface area contributed by atoms with Crippen molar-refractivity contribution in [1.82, 2.24) is 24.9 Å². The SMILES string of the molecule is COC(=O)[C@@H]1Cc2ccccc2CN1Nc1nc(-c2c[nH]c3ncc(F)c(S)c23)ncc1F. The van der Waals surface area contributed by atoms with Crippen molar-refractivity contribution in [2.75, 3.05) is 12.5 Å². The molecular weight excluding hydrogens is 450 g/mol. The second-order valence-corrected chi connectivity index (χ2v) is 7.97. The fourth-order valence-electron chi connectivity index (χ4n) is 3.93. The Kier molecular flexibility index (Phi) is 5.43. The summed E-state index contributed by atoms with van der Waals surface area (Å²) in [6, 6.07) is 7.02. The number of pyridine rings is 1. The maximum Gasteiger partial charge on any atom is 0.325 e. The smallest absolute Gasteiger partial charge is 0.325 e. The minimum absolute atomic E-state index is 0.0806. The first-order valence-corrected chi connectivity index (χ1v) is 10.5. The fourth-order valence-corrected chi connectivity index (χ4v) is 4.21. The number of hydrazine groups is 1. The molecule has 0 bridgehead atoms. The number of esters is 1. The Bertz CT molecular complexity index is 1380. The van der Waals surface area contributed by atoms with Gasteiger partial charge in [-0.2, -0.15) is 0 Å². The normalized spacial score (nSPS) is 15.9. The van der Waals surface area contributed by atoms with Crippen molar-refractivity contribution in [1.29, 1.82) is 0 Å². The molecule has 1 atom stereocenters. The van der Waals surface area contributed by atoms with Crippen LogP contribution in [-0.2, 0) is 22.5 Å². The van der Waals surface area contributed by atoms with Crippen LogP contribution in [0, 0.1) is 11.6 Å². The minimum Gasteiger partial charge on any atom is -0.468 e. The lowest BCUT2D eigenvalue weighted by Gasteiger charge is -2.35. The average Bonchev–Trinajstić information content (AvgIpc) is 3.27. The summed E-state index contributed by atoms with van der Waals surface area (Å²) in [5.74, 6) is -1.76. The number of methoxy groups -OCH3 is 1. The number of carbonyl (C=O) groups is 1. The monoisotopic (exact) mass is 468 g/mol. The molecule has 0 amide bonds. The molecule has 1 aliphatic heterocycles. The van der Waals surface area contributed by atoms with E-state index in [9.17, 15) is 13.6 Å². The predicted molar refractivity (Wildman–Crippen MR) is 119 cm³/mol. The van der Waals surface area contributed by atoms with Gasteiger partial charge in [-0.3, -0.25) is 10.2 Å². The van der Waals surface area contributed by atoms with Gasteiger partial charge in [0.05, 0.1) is 24.4 Å². The highest BCUT2D eigenvalue weighted by Crippen LogP contribution is 2.32. The number of nitrogens with zero attached hydrogens (tertiary/aromatic N) is 4. The van der Waals surface area contributed by atoms with Gasteiger partial charge in [-0.1, -0.05) is 24.3 Å². The van der Waals surface area contributed by atoms with E-state index >= 15 is 0 Å². The maximum absolute atomic E-state index is 14.7. The predicted octanol–water partition coefficient (Wildman–Crippen LogP) is 3.51. The number of hydrogen-bond acceptors (Lipinski definition) is 8. The van der Waals surface area contributed by atoms with Crippen LogP contribution in [0.5, 0.6) is 0 Å². The molecule has 0 saturated heterocycles. The number of rotatable bonds is 4. The number of aromatic amines is 1. The molecule has 0 spiro atoms. The lowest BCUT2D eigenvalue weighted by molar-refractivity contribution is -0.147. The number of anilines is 1. The van der Waals surface area contributed by atoms with E-state index in [1.165, 1.54) is 7.11 Å². The molecule has 3 aromatic heterocycles. The zero-order valence-electron chi connectivity index (χ0n) is 17.3. The van der Waals surface area contributed by atoms with Crippen LogP contribution in [0.15, 0.2) is 47.8 Å². The lowest BCUT2D eigenvalue weighted by Crippen LogP contribution is -2.49. The Morgan fingerprint density at radius 1 is 1.21 bits per heavy atom. The van der Waals surface area contributed by atoms with Crippen molar-refractivity contribution in [2.45, 2.75) is 23.9 Å². The highest BCUT2D eigenvalue weighted by molar-refractivity contribution is 7.80. The highest BCUT2D eigenvalue weighted by atomic mass is 32.1. The van der Waals surface area contributed by atoms with E-state index in [2.05, 4.69) is 38.0 Å². The third kappa shape index (κ3) is 3.79. The van der Waals surface area contributed by atoms with Crippen LogP contribution >= 0.6 is 12.6 Å². The largest absolute Gasteiger partial charge is 0.468 e. The maximum atomic E-state index is 14.7. The topological polar surface area (TPSA) is 96.0 Å². The molecule has 0 unspecified atom stereocenters. The Labute approximate surface area is 192 Å². The van der Waals surface area contributed by atoms with Gasteiger partial charge in [0.15, 0.2) is 23.3 Å². The Morgan fingerprint density at radius 3 is 2.76 bits per heavy atom. The zero-order chi connectivity index (χ0) is 23.1. The molecule has 0 aliphatic carbocycles. The molecule has 11 heteroatoms. The number of H-pyrrole nitrogens is 1. The third-order valence-electron chi connectivity index (χ3n) is 5.59. The molecule has 168 valence electrons. The molecule has 0 fully saturated rings. The van der Waals surface area contributed by atoms with Gasteiger partial charge in [0.25, 0.3) is 0 Å². The summed E-state index contributed by atoms with van der Waals surface area (Å²) in [4.78, 5) is 27.8. The molecule has 1 aliphatic rings. The minimum atomic E-state index is -0.712. The fraction of sp³-hybridized carbons (Fsp3) is 0.182. The first-order chi connectivity index (χ1) is 16.0. The number of carbonyl (C=O) groups excluding carboxylic acids is 1. The first-order valence-electron chi connectivity index (χ1n) is 10.0. The van der Waals surface area contributed by atoms with Crippen LogP contribution in [0.1, 0.15) is 11.1 Å². The Hall–Kier alpha value is -3.57. The molecule has 5 rings (SSSR count). The molecular formula is C22H18F2N6O2S. The Balaban J connectivity index is 1.53. The van der Waals surface area contributed by atoms with Crippen LogP contribution < -0.4 is 5.43 Å². The van der Waals surface area contributed by atoms with E-state index in [-0.39, 0.29) is 16.5 Å². The first kappa shape index (κ1) is 21.3. The molecule has 8 nitrogen and oxygen atoms in total. The van der Waals surface area contributed by atoms with Gasteiger partial charge in [0.2, 0.25) is 0 Å². The van der Waals surface area contributed by atoms with Gasteiger partial charge in [-0.25, -0.2) is 28.7 Å². The molecule has 2 N–H and O–H groups in total. The second kappa shape index (κ2) is 8.41. The number of fused-ring (bicyclic) bond motifs is 2. The van der Waals surface area contributed by atoms with E-state index in [1.807, 2.05) is 24.3 Å². The van der Waals surface area contributed by atoms with Gasteiger partial charge in [0.1, 0.15) is 11.7 Å². The number of hydrogen-bond donors (Lipinski definition) is 3. The third-order valence-corrected chi connectivity index (χ3v) is 6.02. The number of thiol groups is 1. The van der Waals surface area contributed by atoms with Crippen LogP contribution in [0.2, 0.25) is 0 Å². The van der Waals surface area contributed by atoms with Crippen molar-refractivity contribution in [3.63, 3.8) is 0 Å². The summed E-state index contributed by atoms with van der Waals surface area (Å²) in [7, 11) is 1.31. The van der Waals surface area contributed by atoms with Crippen molar-refractivity contribution in [3.05, 3.63) is 65.6 Å². The van der Waals surface area contributed by atoms with Crippen LogP contribution in [0.3, 0.4) is 0 Å². The number of benzene rings is 1. The van der Waals surface area contributed by atoms with E-state index in [4.69, 9.17) is 4.74 Å². The summed E-state index contributed by atoms with van der Waals surface area (Å²) in [6.45, 7) is 0.331. The Morgan fingerprint density at radius 2 is 1.97 bits per heavy atom. The zero-order valence-corrected chi connectivity index (χ0v) is 18.2. The van der Waals surface area contributed by atoms with Gasteiger partial charge < -0.3 is 9.72 Å². The quantitative estimate of drug-likeness (QED) is 0.312. The van der Waals surface area contributed by atoms with Crippen LogP contribution in [0.25, 0.3) is 22.4 Å². The van der Waals surface area contributed by atoms with Crippen LogP contribution in [0.4, 0.5) is 14.6 Å². The van der Waals surface area contributed by atoms with Crippen molar-refractivity contribution in [2.24, 2.45) is 0 Å². The van der Waals surface area contributed by atoms with Gasteiger partial charge in [-0.15, -0.1) is 12.6 Å². The van der Waals surface area contributed by atoms with Gasteiger partial charge in [-0.05, 0) is 11.1 Å². The average molecular weight is 468 g/mol. The van der Waals surface area contributed by atoms with Gasteiger partial charge >= 0.3 is 5.97 Å². The van der Waals surface area contributed by atoms with E-state index in [0.717, 1.165) is 23.5 Å². The molecule has 4 aromatic rings. The molecule has 1 aromatic carbocycles. The summed E-state index contributed by atoms with van der Waals surface area (Å²) < 4.78 is 33.7. The van der Waals surface area contributed by atoms with Gasteiger partial charge in [0, 0.05) is 30.1 Å². The molecule has 33 heavy (non-hydrogen) atoms. The number of nitrogens with one attached hydrogen (secondary N) is 2. The van der Waals surface area contributed by atoms with E-state index in [1.54, 1.807) is 11.2 Å². The standard InChI is InChI=1S/C22H18F2N6O2S/c1-32-22(31)16-6-11-4-2-3-5-12(11)10-30(16)29-20-15(24)9-26-19(28-20)13-7-25-21-17(13)18(33)14(23)8-27-21/h2-5,7-9,16H,6,10H2,1H3,(H2,25,27,33)(H,26,28,29)/t16-/m0/s1. The summed E-state index contributed by atoms with van der Waals surface area (Å²) in [5, 5.41) is 1.97. The van der Waals surface area contributed by atoms with Crippen molar-refractivity contribution < 1.29 is 18.3 Å². The van der Waals surface area contributed by atoms with E-state index < -0.39 is 23.6 Å². The molecule has 4 heterocycles. The summed E-state index contributed by atoms with van der Waals surface area (Å²) in [5.41, 5.74) is 5.75. The van der Waals surface area contributed by atoms with E-state index in [0.29, 0.717) is 29.6 Å². The van der Waals surface area contributed by atoms with Crippen molar-refractivity contribution >= 4 is 35.4 Å². The lowest BCUT2D eigenvalue weighted by atomic mass is 9.95. The second-order valence-electron chi connectivity index (χ2n) is 7.52. The highest BCUT2D eigenvalue weighted by Gasteiger charge is 2.33. The summed E-state index contributed by atoms with van der Waals surface area (Å²) >= 11 is 4.23. The molecule has 0 saturated carbocycles. The number of ether oxygens (including phenoxy) is 1.